The summed E-state index contributed by atoms with van der Waals surface area (Å²) in [4.78, 5) is 2.42. The van der Waals surface area contributed by atoms with Crippen LogP contribution < -0.4 is 5.32 Å². The zero-order valence-electron chi connectivity index (χ0n) is 13.4. The van der Waals surface area contributed by atoms with Gasteiger partial charge in [-0.15, -0.1) is 0 Å². The Bertz CT molecular complexity index is 492. The van der Waals surface area contributed by atoms with E-state index in [1.165, 1.54) is 6.07 Å². The maximum absolute atomic E-state index is 14.1. The Kier molecular flexibility index (Phi) is 5.29. The van der Waals surface area contributed by atoms with Crippen LogP contribution in [0, 0.1) is 11.7 Å². The van der Waals surface area contributed by atoms with Gasteiger partial charge in [0.25, 0.3) is 0 Å². The lowest BCUT2D eigenvalue weighted by molar-refractivity contribution is 0.0308. The predicted molar refractivity (Wildman–Crippen MR) is 87.1 cm³/mol. The molecule has 4 heteroatoms. The van der Waals surface area contributed by atoms with Crippen LogP contribution in [0.3, 0.4) is 0 Å². The van der Waals surface area contributed by atoms with Crippen LogP contribution in [0.25, 0.3) is 0 Å². The molecule has 2 atom stereocenters. The van der Waals surface area contributed by atoms with Gasteiger partial charge < -0.3 is 5.32 Å². The highest BCUT2D eigenvalue weighted by Crippen LogP contribution is 2.28. The number of nitrogens with zero attached hydrogens (tertiary/aromatic N) is 1. The molecular weight excluding hydrogens is 287 g/mol. The van der Waals surface area contributed by atoms with E-state index in [4.69, 9.17) is 11.6 Å². The summed E-state index contributed by atoms with van der Waals surface area (Å²) in [7, 11) is 0. The molecule has 1 aromatic rings. The van der Waals surface area contributed by atoms with Crippen molar-refractivity contribution in [2.75, 3.05) is 13.1 Å². The molecule has 2 rings (SSSR count). The van der Waals surface area contributed by atoms with Crippen molar-refractivity contribution < 1.29 is 4.39 Å². The molecule has 1 heterocycles. The minimum absolute atomic E-state index is 0.0669. The molecule has 21 heavy (non-hydrogen) atoms. The minimum atomic E-state index is -0.208. The number of hydrogen-bond acceptors (Lipinski definition) is 2. The van der Waals surface area contributed by atoms with E-state index in [1.54, 1.807) is 12.1 Å². The van der Waals surface area contributed by atoms with Gasteiger partial charge in [0.15, 0.2) is 0 Å². The summed E-state index contributed by atoms with van der Waals surface area (Å²) in [5, 5.41) is 4.10. The first-order valence-corrected chi connectivity index (χ1v) is 8.16. The van der Waals surface area contributed by atoms with Gasteiger partial charge in [0.05, 0.1) is 0 Å². The molecule has 0 bridgehead atoms. The maximum Gasteiger partial charge on any atom is 0.129 e. The van der Waals surface area contributed by atoms with Crippen LogP contribution in [-0.2, 0) is 6.54 Å². The fourth-order valence-corrected chi connectivity index (χ4v) is 3.05. The highest BCUT2D eigenvalue weighted by Gasteiger charge is 2.37. The van der Waals surface area contributed by atoms with Gasteiger partial charge in [-0.3, -0.25) is 4.90 Å². The summed E-state index contributed by atoms with van der Waals surface area (Å²) in [6.07, 6.45) is 1.04. The average molecular weight is 313 g/mol. The van der Waals surface area contributed by atoms with Gasteiger partial charge in [-0.25, -0.2) is 4.39 Å². The highest BCUT2D eigenvalue weighted by molar-refractivity contribution is 6.30. The molecule has 0 radical (unpaired) electrons. The summed E-state index contributed by atoms with van der Waals surface area (Å²) in [5.41, 5.74) is 0.792. The second-order valence-corrected chi connectivity index (χ2v) is 7.13. The van der Waals surface area contributed by atoms with Crippen molar-refractivity contribution in [1.82, 2.24) is 10.2 Å². The van der Waals surface area contributed by atoms with Gasteiger partial charge in [-0.1, -0.05) is 38.4 Å². The van der Waals surface area contributed by atoms with Gasteiger partial charge in [0, 0.05) is 41.8 Å². The molecule has 118 valence electrons. The van der Waals surface area contributed by atoms with Crippen LogP contribution in [0.5, 0.6) is 0 Å². The zero-order chi connectivity index (χ0) is 15.6. The first-order chi connectivity index (χ1) is 9.85. The van der Waals surface area contributed by atoms with Gasteiger partial charge in [-0.2, -0.15) is 0 Å². The van der Waals surface area contributed by atoms with Crippen LogP contribution in [0.2, 0.25) is 5.02 Å². The highest BCUT2D eigenvalue weighted by atomic mass is 35.5. The quantitative estimate of drug-likeness (QED) is 0.901. The Hall–Kier alpha value is -0.640. The fraction of sp³-hybridized carbons (Fsp3) is 0.647. The predicted octanol–water partition coefficient (Wildman–Crippen LogP) is 4.08. The first-order valence-electron chi connectivity index (χ1n) is 7.78. The van der Waals surface area contributed by atoms with Crippen LogP contribution in [-0.4, -0.2) is 29.6 Å². The lowest BCUT2D eigenvalue weighted by Gasteiger charge is -2.49. The third-order valence-corrected chi connectivity index (χ3v) is 5.10. The Morgan fingerprint density at radius 1 is 1.48 bits per heavy atom. The van der Waals surface area contributed by atoms with Gasteiger partial charge in [0.1, 0.15) is 5.82 Å². The lowest BCUT2D eigenvalue weighted by atomic mass is 9.89. The Labute approximate surface area is 132 Å². The maximum atomic E-state index is 14.1. The topological polar surface area (TPSA) is 15.3 Å². The van der Waals surface area contributed by atoms with E-state index < -0.39 is 0 Å². The Balaban J connectivity index is 2.20. The first kappa shape index (κ1) is 16.7. The van der Waals surface area contributed by atoms with E-state index in [1.807, 2.05) is 0 Å². The van der Waals surface area contributed by atoms with Crippen molar-refractivity contribution in [3.05, 3.63) is 34.6 Å². The lowest BCUT2D eigenvalue weighted by Crippen LogP contribution is -2.63. The van der Waals surface area contributed by atoms with E-state index in [9.17, 15) is 4.39 Å². The second-order valence-electron chi connectivity index (χ2n) is 6.70. The van der Waals surface area contributed by atoms with E-state index in [0.29, 0.717) is 23.5 Å². The number of benzene rings is 1. The summed E-state index contributed by atoms with van der Waals surface area (Å²) >= 11 is 5.84. The van der Waals surface area contributed by atoms with Crippen molar-refractivity contribution in [2.24, 2.45) is 5.92 Å². The molecule has 2 unspecified atom stereocenters. The molecule has 0 aromatic heterocycles. The summed E-state index contributed by atoms with van der Waals surface area (Å²) in [5.74, 6) is 0.365. The monoisotopic (exact) mass is 312 g/mol. The third-order valence-electron chi connectivity index (χ3n) is 4.87. The van der Waals surface area contributed by atoms with Crippen molar-refractivity contribution in [3.63, 3.8) is 0 Å². The van der Waals surface area contributed by atoms with Gasteiger partial charge >= 0.3 is 0 Å². The van der Waals surface area contributed by atoms with Crippen LogP contribution in [0.4, 0.5) is 4.39 Å². The van der Waals surface area contributed by atoms with Crippen molar-refractivity contribution in [3.8, 4) is 0 Å². The molecule has 0 aliphatic carbocycles. The molecule has 1 fully saturated rings. The summed E-state index contributed by atoms with van der Waals surface area (Å²) in [6, 6.07) is 5.44. The Morgan fingerprint density at radius 3 is 2.76 bits per heavy atom. The van der Waals surface area contributed by atoms with E-state index in [0.717, 1.165) is 25.1 Å². The molecule has 0 spiro atoms. The zero-order valence-corrected chi connectivity index (χ0v) is 14.2. The largest absolute Gasteiger partial charge is 0.311 e. The standard InChI is InChI=1S/C17H26ClFN2/c1-5-17(4)11-20-16(12(2)3)10-21(17)9-13-6-7-14(18)8-15(13)19/h6-8,12,16,20H,5,9-11H2,1-4H3. The fourth-order valence-electron chi connectivity index (χ4n) is 2.89. The van der Waals surface area contributed by atoms with Crippen LogP contribution in [0.15, 0.2) is 18.2 Å². The molecule has 0 saturated carbocycles. The minimum Gasteiger partial charge on any atom is -0.311 e. The van der Waals surface area contributed by atoms with E-state index in [2.05, 4.69) is 37.9 Å². The van der Waals surface area contributed by atoms with Crippen molar-refractivity contribution >= 4 is 11.6 Å². The molecule has 1 aliphatic rings. The van der Waals surface area contributed by atoms with Crippen LogP contribution >= 0.6 is 11.6 Å². The second kappa shape index (κ2) is 6.64. The van der Waals surface area contributed by atoms with E-state index in [-0.39, 0.29) is 11.4 Å². The summed E-state index contributed by atoms with van der Waals surface area (Å²) < 4.78 is 14.1. The molecule has 0 amide bonds. The molecule has 2 nitrogen and oxygen atoms in total. The summed E-state index contributed by atoms with van der Waals surface area (Å²) in [6.45, 7) is 11.4. The number of hydrogen-bond donors (Lipinski definition) is 1. The molecule has 1 aliphatic heterocycles. The Morgan fingerprint density at radius 2 is 2.19 bits per heavy atom. The van der Waals surface area contributed by atoms with Gasteiger partial charge in [0.2, 0.25) is 0 Å². The molecule has 1 saturated heterocycles. The average Bonchev–Trinajstić information content (AvgIpc) is 2.43. The number of piperazine rings is 1. The normalized spacial score (nSPS) is 27.3. The smallest absolute Gasteiger partial charge is 0.129 e. The van der Waals surface area contributed by atoms with Crippen LogP contribution in [0.1, 0.15) is 39.7 Å². The SMILES string of the molecule is CCC1(C)CNC(C(C)C)CN1Cc1ccc(Cl)cc1F. The van der Waals surface area contributed by atoms with Gasteiger partial charge in [-0.05, 0) is 31.4 Å². The number of rotatable bonds is 4. The molecule has 1 N–H and O–H groups in total. The molecule has 1 aromatic carbocycles. The van der Waals surface area contributed by atoms with Crippen molar-refractivity contribution in [1.29, 1.82) is 0 Å². The third kappa shape index (κ3) is 3.77. The van der Waals surface area contributed by atoms with E-state index >= 15 is 0 Å². The number of halogens is 2. The molecular formula is C17H26ClFN2. The van der Waals surface area contributed by atoms with Crippen molar-refractivity contribution in [2.45, 2.75) is 52.2 Å². The number of nitrogens with one attached hydrogen (secondary N) is 1.